The summed E-state index contributed by atoms with van der Waals surface area (Å²) in [7, 11) is 0. The molecule has 1 aromatic heterocycles. The molecule has 2 rings (SSSR count). The van der Waals surface area contributed by atoms with Crippen LogP contribution in [0.5, 0.6) is 0 Å². The number of nitrogen functional groups attached to an aromatic ring is 1. The molecule has 0 radical (unpaired) electrons. The quantitative estimate of drug-likeness (QED) is 0.426. The Balaban J connectivity index is 2.77. The maximum absolute atomic E-state index is 12.7. The van der Waals surface area contributed by atoms with E-state index in [-0.39, 0.29) is 16.5 Å². The highest BCUT2D eigenvalue weighted by molar-refractivity contribution is 6.32. The van der Waals surface area contributed by atoms with E-state index in [1.165, 1.54) is 0 Å². The van der Waals surface area contributed by atoms with E-state index in [2.05, 4.69) is 4.98 Å². The minimum Gasteiger partial charge on any atom is -0.360 e. The van der Waals surface area contributed by atoms with Crippen molar-refractivity contribution in [2.45, 2.75) is 6.18 Å². The van der Waals surface area contributed by atoms with Gasteiger partial charge in [-0.15, -0.1) is 0 Å². The molecule has 0 saturated carbocycles. The van der Waals surface area contributed by atoms with Crippen molar-refractivity contribution in [2.75, 3.05) is 0 Å². The van der Waals surface area contributed by atoms with E-state index >= 15 is 0 Å². The van der Waals surface area contributed by atoms with Gasteiger partial charge < -0.3 is 4.98 Å². The fraction of sp³-hybridized carbons (Fsp3) is 0.0909. The Hall–Kier alpha value is -2.06. The molecular formula is C11H7ClF3N3O2. The third-order valence-electron chi connectivity index (χ3n) is 2.65. The number of hydrogen-bond donors (Lipinski definition) is 3. The number of fused-ring (bicyclic) bond motifs is 1. The smallest absolute Gasteiger partial charge is 0.360 e. The predicted molar refractivity (Wildman–Crippen MR) is 66.2 cm³/mol. The number of nitrogens with one attached hydrogen (secondary N) is 2. The Morgan fingerprint density at radius 1 is 1.35 bits per heavy atom. The molecule has 1 amide bonds. The molecule has 0 saturated heterocycles. The van der Waals surface area contributed by atoms with Crippen LogP contribution < -0.4 is 16.7 Å². The number of hydrazine groups is 1. The monoisotopic (exact) mass is 305 g/mol. The number of pyridine rings is 1. The van der Waals surface area contributed by atoms with Crippen LogP contribution in [-0.4, -0.2) is 10.9 Å². The molecule has 0 aliphatic heterocycles. The number of aromatic amines is 1. The normalized spacial score (nSPS) is 11.7. The summed E-state index contributed by atoms with van der Waals surface area (Å²) in [5.74, 6) is 4.04. The van der Waals surface area contributed by atoms with Gasteiger partial charge in [-0.05, 0) is 12.1 Å². The number of alkyl halides is 3. The summed E-state index contributed by atoms with van der Waals surface area (Å²) in [4.78, 5) is 25.7. The fourth-order valence-corrected chi connectivity index (χ4v) is 1.98. The molecule has 9 heteroatoms. The van der Waals surface area contributed by atoms with Gasteiger partial charge in [0.05, 0.1) is 16.1 Å². The first-order valence-electron chi connectivity index (χ1n) is 5.18. The average Bonchev–Trinajstić information content (AvgIpc) is 2.37. The van der Waals surface area contributed by atoms with E-state index in [9.17, 15) is 22.8 Å². The van der Waals surface area contributed by atoms with Crippen molar-refractivity contribution in [3.63, 3.8) is 0 Å². The molecule has 1 aromatic carbocycles. The molecule has 0 fully saturated rings. The van der Waals surface area contributed by atoms with E-state index in [4.69, 9.17) is 17.4 Å². The Labute approximate surface area is 114 Å². The van der Waals surface area contributed by atoms with Gasteiger partial charge in [-0.3, -0.25) is 15.0 Å². The van der Waals surface area contributed by atoms with Crippen LogP contribution >= 0.6 is 11.6 Å². The molecule has 0 aliphatic rings. The van der Waals surface area contributed by atoms with Crippen molar-refractivity contribution >= 4 is 28.4 Å². The zero-order valence-corrected chi connectivity index (χ0v) is 10.4. The second kappa shape index (κ2) is 4.80. The molecule has 0 atom stereocenters. The van der Waals surface area contributed by atoms with Crippen LogP contribution in [0.4, 0.5) is 13.2 Å². The van der Waals surface area contributed by atoms with Crippen LogP contribution in [0, 0.1) is 0 Å². The van der Waals surface area contributed by atoms with Gasteiger partial charge in [0.15, 0.2) is 0 Å². The Bertz CT molecular complexity index is 755. The lowest BCUT2D eigenvalue weighted by Gasteiger charge is -2.10. The summed E-state index contributed by atoms with van der Waals surface area (Å²) in [6.45, 7) is 0. The molecule has 0 aliphatic carbocycles. The number of amides is 1. The zero-order valence-electron chi connectivity index (χ0n) is 9.64. The van der Waals surface area contributed by atoms with Gasteiger partial charge >= 0.3 is 6.18 Å². The number of halogens is 4. The van der Waals surface area contributed by atoms with E-state index in [1.54, 1.807) is 5.43 Å². The molecule has 0 spiro atoms. The van der Waals surface area contributed by atoms with Gasteiger partial charge in [0, 0.05) is 11.6 Å². The molecule has 4 N–H and O–H groups in total. The maximum Gasteiger partial charge on any atom is 0.417 e. The summed E-state index contributed by atoms with van der Waals surface area (Å²) in [5, 5.41) is -0.759. The summed E-state index contributed by atoms with van der Waals surface area (Å²) < 4.78 is 38.0. The fourth-order valence-electron chi connectivity index (χ4n) is 1.70. The average molecular weight is 306 g/mol. The third kappa shape index (κ3) is 2.35. The minimum absolute atomic E-state index is 0.0831. The number of H-pyrrole nitrogens is 1. The van der Waals surface area contributed by atoms with Crippen LogP contribution in [0.2, 0.25) is 5.02 Å². The Morgan fingerprint density at radius 2 is 2.00 bits per heavy atom. The van der Waals surface area contributed by atoms with Crippen LogP contribution in [0.25, 0.3) is 10.9 Å². The molecule has 5 nitrogen and oxygen atoms in total. The molecule has 106 valence electrons. The van der Waals surface area contributed by atoms with E-state index in [1.807, 2.05) is 0 Å². The number of hydrogen-bond acceptors (Lipinski definition) is 3. The standard InChI is InChI=1S/C11H7ClF3N3O2/c12-7-1-4-8(2-6(7)11(13,14)15)17-3-5(9(4)19)10(20)18-16/h1-3H,16H2,(H,17,19)(H,18,20). The topological polar surface area (TPSA) is 88.0 Å². The van der Waals surface area contributed by atoms with Gasteiger partial charge in [-0.1, -0.05) is 11.6 Å². The number of benzene rings is 1. The highest BCUT2D eigenvalue weighted by atomic mass is 35.5. The van der Waals surface area contributed by atoms with Crippen LogP contribution in [0.3, 0.4) is 0 Å². The SMILES string of the molecule is NNC(=O)c1c[nH]c2cc(C(F)(F)F)c(Cl)cc2c1=O. The number of nitrogens with two attached hydrogens (primary N) is 1. The van der Waals surface area contributed by atoms with Crippen molar-refractivity contribution < 1.29 is 18.0 Å². The maximum atomic E-state index is 12.7. The lowest BCUT2D eigenvalue weighted by Crippen LogP contribution is -2.33. The molecule has 1 heterocycles. The largest absolute Gasteiger partial charge is 0.417 e. The van der Waals surface area contributed by atoms with E-state index < -0.39 is 28.1 Å². The van der Waals surface area contributed by atoms with E-state index in [0.717, 1.165) is 12.3 Å². The van der Waals surface area contributed by atoms with Crippen molar-refractivity contribution in [3.05, 3.63) is 44.7 Å². The molecule has 2 aromatic rings. The van der Waals surface area contributed by atoms with Gasteiger partial charge in [0.2, 0.25) is 5.43 Å². The summed E-state index contributed by atoms with van der Waals surface area (Å²) in [5.41, 5.74) is -0.479. The lowest BCUT2D eigenvalue weighted by molar-refractivity contribution is -0.137. The molecule has 0 bridgehead atoms. The number of aromatic nitrogens is 1. The van der Waals surface area contributed by atoms with Crippen molar-refractivity contribution in [2.24, 2.45) is 5.84 Å². The van der Waals surface area contributed by atoms with E-state index in [0.29, 0.717) is 6.07 Å². The minimum atomic E-state index is -4.64. The summed E-state index contributed by atoms with van der Waals surface area (Å²) >= 11 is 5.53. The van der Waals surface area contributed by atoms with Crippen LogP contribution in [0.1, 0.15) is 15.9 Å². The Kier molecular flexibility index (Phi) is 3.45. The first-order chi connectivity index (χ1) is 9.25. The third-order valence-corrected chi connectivity index (χ3v) is 2.96. The van der Waals surface area contributed by atoms with Crippen molar-refractivity contribution in [1.29, 1.82) is 0 Å². The molecule has 20 heavy (non-hydrogen) atoms. The predicted octanol–water partition coefficient (Wildman–Crippen LogP) is 1.80. The van der Waals surface area contributed by atoms with Crippen LogP contribution in [0.15, 0.2) is 23.1 Å². The number of rotatable bonds is 1. The van der Waals surface area contributed by atoms with Crippen LogP contribution in [-0.2, 0) is 6.18 Å². The lowest BCUT2D eigenvalue weighted by atomic mass is 10.1. The van der Waals surface area contributed by atoms with Crippen molar-refractivity contribution in [3.8, 4) is 0 Å². The Morgan fingerprint density at radius 3 is 2.55 bits per heavy atom. The number of carbonyl (C=O) groups is 1. The zero-order chi connectivity index (χ0) is 15.1. The first kappa shape index (κ1) is 14.4. The second-order valence-corrected chi connectivity index (χ2v) is 4.29. The summed E-state index contributed by atoms with van der Waals surface area (Å²) in [6, 6.07) is 1.58. The number of carbonyl (C=O) groups excluding carboxylic acids is 1. The van der Waals surface area contributed by atoms with Gasteiger partial charge in [0.25, 0.3) is 5.91 Å². The van der Waals surface area contributed by atoms with Gasteiger partial charge in [-0.25, -0.2) is 5.84 Å². The highest BCUT2D eigenvalue weighted by Gasteiger charge is 2.33. The van der Waals surface area contributed by atoms with Crippen molar-refractivity contribution in [1.82, 2.24) is 10.4 Å². The molecule has 0 unspecified atom stereocenters. The van der Waals surface area contributed by atoms with Gasteiger partial charge in [-0.2, -0.15) is 13.2 Å². The molecular weight excluding hydrogens is 299 g/mol. The second-order valence-electron chi connectivity index (χ2n) is 3.88. The van der Waals surface area contributed by atoms with Gasteiger partial charge in [0.1, 0.15) is 5.56 Å². The summed E-state index contributed by atoms with van der Waals surface area (Å²) in [6.07, 6.45) is -3.66. The highest BCUT2D eigenvalue weighted by Crippen LogP contribution is 2.36. The first-order valence-corrected chi connectivity index (χ1v) is 5.56.